The van der Waals surface area contributed by atoms with Gasteiger partial charge in [0, 0.05) is 44.8 Å². The van der Waals surface area contributed by atoms with E-state index in [0.717, 1.165) is 37.3 Å². The summed E-state index contributed by atoms with van der Waals surface area (Å²) in [6, 6.07) is 10.7. The Bertz CT molecular complexity index is 605. The van der Waals surface area contributed by atoms with Crippen LogP contribution in [0.2, 0.25) is 0 Å². The second-order valence-electron chi connectivity index (χ2n) is 6.74. The van der Waals surface area contributed by atoms with E-state index >= 15 is 0 Å². The fourth-order valence-corrected chi connectivity index (χ4v) is 3.41. The number of hydrogen-bond acceptors (Lipinski definition) is 3. The Hall–Kier alpha value is -1.35. The average molecular weight is 471 g/mol. The van der Waals surface area contributed by atoms with Crippen LogP contribution in [0.15, 0.2) is 35.3 Å². The first kappa shape index (κ1) is 21.0. The zero-order chi connectivity index (χ0) is 17.6. The molecule has 7 heteroatoms. The SMILES string of the molecule is CCN(CCNC(=NC)NC1CC(=O)N(c2ccccc2)C1)C1CC1.I. The highest BCUT2D eigenvalue weighted by Gasteiger charge is 2.31. The second-order valence-corrected chi connectivity index (χ2v) is 6.74. The molecule has 3 rings (SSSR count). The van der Waals surface area contributed by atoms with Gasteiger partial charge in [-0.2, -0.15) is 0 Å². The van der Waals surface area contributed by atoms with E-state index in [0.29, 0.717) is 13.0 Å². The predicted octanol–water partition coefficient (Wildman–Crippen LogP) is 2.06. The molecule has 1 aliphatic carbocycles. The third-order valence-corrected chi connectivity index (χ3v) is 4.92. The molecule has 144 valence electrons. The van der Waals surface area contributed by atoms with Gasteiger partial charge in [-0.1, -0.05) is 25.1 Å². The molecule has 1 aromatic carbocycles. The van der Waals surface area contributed by atoms with E-state index in [2.05, 4.69) is 27.4 Å². The Morgan fingerprint density at radius 1 is 1.31 bits per heavy atom. The van der Waals surface area contributed by atoms with Crippen LogP contribution in [0.4, 0.5) is 5.69 Å². The van der Waals surface area contributed by atoms with E-state index in [4.69, 9.17) is 0 Å². The van der Waals surface area contributed by atoms with Crippen molar-refractivity contribution < 1.29 is 4.79 Å². The van der Waals surface area contributed by atoms with Crippen LogP contribution in [0.25, 0.3) is 0 Å². The third-order valence-electron chi connectivity index (χ3n) is 4.92. The van der Waals surface area contributed by atoms with Crippen molar-refractivity contribution in [2.45, 2.75) is 38.3 Å². The van der Waals surface area contributed by atoms with Gasteiger partial charge in [0.25, 0.3) is 0 Å². The molecule has 6 nitrogen and oxygen atoms in total. The first-order valence-electron chi connectivity index (χ1n) is 9.28. The number of para-hydroxylation sites is 1. The quantitative estimate of drug-likeness (QED) is 0.363. The van der Waals surface area contributed by atoms with Crippen LogP contribution in [0.3, 0.4) is 0 Å². The maximum Gasteiger partial charge on any atom is 0.229 e. The molecule has 26 heavy (non-hydrogen) atoms. The Balaban J connectivity index is 0.00000243. The summed E-state index contributed by atoms with van der Waals surface area (Å²) in [5, 5.41) is 6.77. The summed E-state index contributed by atoms with van der Waals surface area (Å²) in [5.41, 5.74) is 0.961. The number of nitrogens with zero attached hydrogens (tertiary/aromatic N) is 3. The molecule has 1 amide bonds. The Labute approximate surface area is 173 Å². The zero-order valence-corrected chi connectivity index (χ0v) is 18.0. The lowest BCUT2D eigenvalue weighted by Crippen LogP contribution is -2.46. The first-order chi connectivity index (χ1) is 12.2. The maximum absolute atomic E-state index is 12.3. The molecule has 1 heterocycles. The molecule has 1 saturated carbocycles. The van der Waals surface area contributed by atoms with Gasteiger partial charge < -0.3 is 15.5 Å². The number of anilines is 1. The first-order valence-corrected chi connectivity index (χ1v) is 9.28. The van der Waals surface area contributed by atoms with E-state index < -0.39 is 0 Å². The van der Waals surface area contributed by atoms with Gasteiger partial charge in [0.15, 0.2) is 5.96 Å². The van der Waals surface area contributed by atoms with Crippen molar-refractivity contribution in [3.05, 3.63) is 30.3 Å². The number of nitrogens with one attached hydrogen (secondary N) is 2. The molecular weight excluding hydrogens is 441 g/mol. The molecule has 2 fully saturated rings. The molecule has 1 atom stereocenters. The van der Waals surface area contributed by atoms with Crippen LogP contribution in [-0.2, 0) is 4.79 Å². The van der Waals surface area contributed by atoms with Gasteiger partial charge >= 0.3 is 0 Å². The number of likely N-dealkylation sites (N-methyl/N-ethyl adjacent to an activating group) is 1. The summed E-state index contributed by atoms with van der Waals surface area (Å²) in [4.78, 5) is 21.0. The Morgan fingerprint density at radius 3 is 2.65 bits per heavy atom. The van der Waals surface area contributed by atoms with Crippen LogP contribution in [0.5, 0.6) is 0 Å². The monoisotopic (exact) mass is 471 g/mol. The summed E-state index contributed by atoms with van der Waals surface area (Å²) in [6.45, 7) is 5.89. The van der Waals surface area contributed by atoms with Gasteiger partial charge in [-0.25, -0.2) is 0 Å². The van der Waals surface area contributed by atoms with E-state index in [9.17, 15) is 4.79 Å². The molecule has 1 aliphatic heterocycles. The summed E-state index contributed by atoms with van der Waals surface area (Å²) < 4.78 is 0. The minimum absolute atomic E-state index is 0. The minimum Gasteiger partial charge on any atom is -0.355 e. The van der Waals surface area contributed by atoms with E-state index in [1.54, 1.807) is 7.05 Å². The molecule has 0 aromatic heterocycles. The van der Waals surface area contributed by atoms with Crippen LogP contribution >= 0.6 is 24.0 Å². The number of carbonyl (C=O) groups is 1. The van der Waals surface area contributed by atoms with Crippen molar-refractivity contribution in [2.75, 3.05) is 38.1 Å². The maximum atomic E-state index is 12.3. The highest BCUT2D eigenvalue weighted by Crippen LogP contribution is 2.25. The summed E-state index contributed by atoms with van der Waals surface area (Å²) >= 11 is 0. The van der Waals surface area contributed by atoms with Crippen LogP contribution < -0.4 is 15.5 Å². The predicted molar refractivity (Wildman–Crippen MR) is 117 cm³/mol. The standard InChI is InChI=1S/C19H29N5O.HI/c1-3-23(16-9-10-16)12-11-21-19(20-2)22-15-13-18(25)24(14-15)17-7-5-4-6-8-17;/h4-8,15-16H,3,9-14H2,1-2H3,(H2,20,21,22);1H. The molecular formula is C19H30IN5O. The molecule has 2 N–H and O–H groups in total. The molecule has 1 unspecified atom stereocenters. The number of amides is 1. The summed E-state index contributed by atoms with van der Waals surface area (Å²) in [6.07, 6.45) is 3.17. The largest absolute Gasteiger partial charge is 0.355 e. The van der Waals surface area contributed by atoms with E-state index in [1.807, 2.05) is 35.2 Å². The van der Waals surface area contributed by atoms with Crippen molar-refractivity contribution >= 4 is 41.5 Å². The number of hydrogen-bond donors (Lipinski definition) is 2. The molecule has 1 saturated heterocycles. The van der Waals surface area contributed by atoms with Crippen molar-refractivity contribution in [3.8, 4) is 0 Å². The molecule has 2 aliphatic rings. The van der Waals surface area contributed by atoms with Gasteiger partial charge in [-0.3, -0.25) is 14.7 Å². The van der Waals surface area contributed by atoms with Crippen molar-refractivity contribution in [2.24, 2.45) is 4.99 Å². The van der Waals surface area contributed by atoms with Gasteiger partial charge in [0.2, 0.25) is 5.91 Å². The number of halogens is 1. The van der Waals surface area contributed by atoms with E-state index in [1.165, 1.54) is 12.8 Å². The lowest BCUT2D eigenvalue weighted by atomic mass is 10.2. The number of benzene rings is 1. The van der Waals surface area contributed by atoms with Crippen molar-refractivity contribution in [1.82, 2.24) is 15.5 Å². The number of rotatable bonds is 7. The minimum atomic E-state index is 0. The van der Waals surface area contributed by atoms with Gasteiger partial charge in [0.05, 0.1) is 6.04 Å². The number of guanidine groups is 1. The third kappa shape index (κ3) is 5.57. The highest BCUT2D eigenvalue weighted by atomic mass is 127. The summed E-state index contributed by atoms with van der Waals surface area (Å²) in [7, 11) is 1.78. The average Bonchev–Trinajstić information content (AvgIpc) is 3.41. The lowest BCUT2D eigenvalue weighted by Gasteiger charge is -2.22. The van der Waals surface area contributed by atoms with Crippen molar-refractivity contribution in [1.29, 1.82) is 0 Å². The lowest BCUT2D eigenvalue weighted by molar-refractivity contribution is -0.117. The van der Waals surface area contributed by atoms with Gasteiger partial charge in [0.1, 0.15) is 0 Å². The van der Waals surface area contributed by atoms with Crippen LogP contribution in [0, 0.1) is 0 Å². The molecule has 1 aromatic rings. The van der Waals surface area contributed by atoms with Crippen molar-refractivity contribution in [3.63, 3.8) is 0 Å². The molecule has 0 spiro atoms. The topological polar surface area (TPSA) is 60.0 Å². The van der Waals surface area contributed by atoms with Gasteiger partial charge in [-0.15, -0.1) is 24.0 Å². The molecule has 0 bridgehead atoms. The van der Waals surface area contributed by atoms with Gasteiger partial charge in [-0.05, 0) is 31.5 Å². The Morgan fingerprint density at radius 2 is 2.04 bits per heavy atom. The molecule has 0 radical (unpaired) electrons. The Kier molecular flexibility index (Phi) is 8.15. The summed E-state index contributed by atoms with van der Waals surface area (Å²) in [5.74, 6) is 0.935. The fourth-order valence-electron chi connectivity index (χ4n) is 3.41. The number of aliphatic imine (C=N–C) groups is 1. The van der Waals surface area contributed by atoms with Crippen LogP contribution in [-0.4, -0.2) is 62.1 Å². The smallest absolute Gasteiger partial charge is 0.229 e. The van der Waals surface area contributed by atoms with Crippen LogP contribution in [0.1, 0.15) is 26.2 Å². The fraction of sp³-hybridized carbons (Fsp3) is 0.579. The zero-order valence-electron chi connectivity index (χ0n) is 15.6. The van der Waals surface area contributed by atoms with E-state index in [-0.39, 0.29) is 35.9 Å². The number of carbonyl (C=O) groups excluding carboxylic acids is 1. The normalized spacial score (nSPS) is 20.3. The highest BCUT2D eigenvalue weighted by molar-refractivity contribution is 14.0. The second kappa shape index (κ2) is 10.1.